The first-order chi connectivity index (χ1) is 10.1. The summed E-state index contributed by atoms with van der Waals surface area (Å²) < 4.78 is 5.28. The van der Waals surface area contributed by atoms with Crippen LogP contribution < -0.4 is 11.1 Å². The van der Waals surface area contributed by atoms with Gasteiger partial charge in [0.15, 0.2) is 0 Å². The molecule has 1 aromatic carbocycles. The minimum atomic E-state index is -0.0185. The van der Waals surface area contributed by atoms with Gasteiger partial charge < -0.3 is 15.5 Å². The highest BCUT2D eigenvalue weighted by Gasteiger charge is 2.09. The number of hydrogen-bond donors (Lipinski definition) is 2. The Kier molecular flexibility index (Phi) is 5.00. The smallest absolute Gasteiger partial charge is 0.225 e. The van der Waals surface area contributed by atoms with Crippen LogP contribution in [-0.2, 0) is 11.3 Å². The van der Waals surface area contributed by atoms with E-state index < -0.39 is 0 Å². The molecule has 0 atom stereocenters. The minimum Gasteiger partial charge on any atom is -0.468 e. The zero-order chi connectivity index (χ0) is 15.2. The lowest BCUT2D eigenvalue weighted by atomic mass is 10.1. The number of nitrogens with two attached hydrogens (primary N) is 1. The van der Waals surface area contributed by atoms with Crippen molar-refractivity contribution in [1.29, 1.82) is 0 Å². The Morgan fingerprint density at radius 3 is 2.86 bits per heavy atom. The van der Waals surface area contributed by atoms with Gasteiger partial charge in [0.1, 0.15) is 5.76 Å². The second-order valence-electron chi connectivity index (χ2n) is 5.14. The van der Waals surface area contributed by atoms with Gasteiger partial charge >= 0.3 is 0 Å². The summed E-state index contributed by atoms with van der Waals surface area (Å²) in [6, 6.07) is 9.30. The van der Waals surface area contributed by atoms with E-state index in [1.807, 2.05) is 49.2 Å². The van der Waals surface area contributed by atoms with Crippen LogP contribution >= 0.6 is 0 Å². The Morgan fingerprint density at radius 2 is 2.14 bits per heavy atom. The largest absolute Gasteiger partial charge is 0.468 e. The van der Waals surface area contributed by atoms with Crippen molar-refractivity contribution in [1.82, 2.24) is 4.90 Å². The highest BCUT2D eigenvalue weighted by atomic mass is 16.3. The molecule has 0 aliphatic heterocycles. The second kappa shape index (κ2) is 6.95. The molecule has 0 spiro atoms. The van der Waals surface area contributed by atoms with Crippen LogP contribution in [0.5, 0.6) is 0 Å². The summed E-state index contributed by atoms with van der Waals surface area (Å²) in [5, 5.41) is 2.90. The maximum absolute atomic E-state index is 12.0. The third kappa shape index (κ3) is 4.36. The Balaban J connectivity index is 1.80. The van der Waals surface area contributed by atoms with Crippen LogP contribution in [0.2, 0.25) is 0 Å². The predicted octanol–water partition coefficient (Wildman–Crippen LogP) is 2.63. The Morgan fingerprint density at radius 1 is 1.33 bits per heavy atom. The summed E-state index contributed by atoms with van der Waals surface area (Å²) in [4.78, 5) is 14.0. The molecule has 0 fully saturated rings. The molecule has 112 valence electrons. The third-order valence-electron chi connectivity index (χ3n) is 3.38. The summed E-state index contributed by atoms with van der Waals surface area (Å²) >= 11 is 0. The zero-order valence-electron chi connectivity index (χ0n) is 12.4. The lowest BCUT2D eigenvalue weighted by molar-refractivity contribution is -0.116. The first-order valence-electron chi connectivity index (χ1n) is 6.92. The molecular weight excluding hydrogens is 266 g/mol. The van der Waals surface area contributed by atoms with Crippen molar-refractivity contribution in [2.75, 3.05) is 24.6 Å². The molecule has 0 saturated carbocycles. The van der Waals surface area contributed by atoms with Crippen LogP contribution in [0.15, 0.2) is 41.0 Å². The third-order valence-corrected chi connectivity index (χ3v) is 3.38. The number of carbonyl (C=O) groups excluding carboxylic acids is 1. The van der Waals surface area contributed by atoms with Gasteiger partial charge in [0, 0.05) is 24.3 Å². The van der Waals surface area contributed by atoms with E-state index in [4.69, 9.17) is 10.2 Å². The van der Waals surface area contributed by atoms with Crippen molar-refractivity contribution in [2.24, 2.45) is 0 Å². The number of furan rings is 1. The van der Waals surface area contributed by atoms with Gasteiger partial charge in [-0.05, 0) is 43.8 Å². The van der Waals surface area contributed by atoms with Crippen molar-refractivity contribution < 1.29 is 9.21 Å². The van der Waals surface area contributed by atoms with Gasteiger partial charge in [0.05, 0.1) is 12.8 Å². The summed E-state index contributed by atoms with van der Waals surface area (Å²) in [6.45, 7) is 3.25. The van der Waals surface area contributed by atoms with E-state index in [2.05, 4.69) is 5.32 Å². The maximum atomic E-state index is 12.0. The first-order valence-corrected chi connectivity index (χ1v) is 6.92. The molecule has 2 aromatic rings. The number of carbonyl (C=O) groups is 1. The average molecular weight is 287 g/mol. The molecule has 3 N–H and O–H groups in total. The summed E-state index contributed by atoms with van der Waals surface area (Å²) in [7, 11) is 1.96. The number of hydrogen-bond acceptors (Lipinski definition) is 4. The van der Waals surface area contributed by atoms with E-state index in [-0.39, 0.29) is 5.91 Å². The van der Waals surface area contributed by atoms with Crippen LogP contribution in [-0.4, -0.2) is 24.4 Å². The highest BCUT2D eigenvalue weighted by molar-refractivity contribution is 5.92. The normalized spacial score (nSPS) is 10.8. The SMILES string of the molecule is Cc1c(N)cccc1NC(=O)CCN(C)Cc1ccco1. The molecule has 0 unspecified atom stereocenters. The van der Waals surface area contributed by atoms with E-state index >= 15 is 0 Å². The molecular formula is C16H21N3O2. The number of amides is 1. The molecule has 0 radical (unpaired) electrons. The summed E-state index contributed by atoms with van der Waals surface area (Å²) in [5.41, 5.74) is 8.18. The van der Waals surface area contributed by atoms with Gasteiger partial charge in [-0.2, -0.15) is 0 Å². The van der Waals surface area contributed by atoms with Crippen molar-refractivity contribution in [2.45, 2.75) is 19.9 Å². The van der Waals surface area contributed by atoms with E-state index in [0.29, 0.717) is 25.2 Å². The Labute approximate surface area is 124 Å². The molecule has 0 saturated heterocycles. The number of nitrogen functional groups attached to an aromatic ring is 1. The molecule has 1 amide bonds. The molecule has 2 rings (SSSR count). The number of anilines is 2. The molecule has 1 heterocycles. The van der Waals surface area contributed by atoms with Crippen LogP contribution in [0.3, 0.4) is 0 Å². The topological polar surface area (TPSA) is 71.5 Å². The maximum Gasteiger partial charge on any atom is 0.225 e. The van der Waals surface area contributed by atoms with Crippen molar-refractivity contribution in [3.63, 3.8) is 0 Å². The first kappa shape index (κ1) is 15.1. The minimum absolute atomic E-state index is 0.0185. The van der Waals surface area contributed by atoms with Crippen molar-refractivity contribution in [3.8, 4) is 0 Å². The fraction of sp³-hybridized carbons (Fsp3) is 0.312. The molecule has 0 aliphatic rings. The zero-order valence-corrected chi connectivity index (χ0v) is 12.4. The van der Waals surface area contributed by atoms with Gasteiger partial charge in [-0.15, -0.1) is 0 Å². The van der Waals surface area contributed by atoms with Gasteiger partial charge in [-0.1, -0.05) is 6.07 Å². The standard InChI is InChI=1S/C16H21N3O2/c1-12-14(17)6-3-7-15(12)18-16(20)8-9-19(2)11-13-5-4-10-21-13/h3-7,10H,8-9,11,17H2,1-2H3,(H,18,20). The van der Waals surface area contributed by atoms with Gasteiger partial charge in [-0.25, -0.2) is 0 Å². The summed E-state index contributed by atoms with van der Waals surface area (Å²) in [5.74, 6) is 0.875. The lowest BCUT2D eigenvalue weighted by Crippen LogP contribution is -2.24. The lowest BCUT2D eigenvalue weighted by Gasteiger charge is -2.15. The Hall–Kier alpha value is -2.27. The quantitative estimate of drug-likeness (QED) is 0.801. The van der Waals surface area contributed by atoms with Crippen molar-refractivity contribution in [3.05, 3.63) is 47.9 Å². The number of rotatable bonds is 6. The van der Waals surface area contributed by atoms with E-state index in [9.17, 15) is 4.79 Å². The number of nitrogens with zero attached hydrogens (tertiary/aromatic N) is 1. The van der Waals surface area contributed by atoms with Crippen molar-refractivity contribution >= 4 is 17.3 Å². The van der Waals surface area contributed by atoms with Crippen LogP contribution in [0.1, 0.15) is 17.7 Å². The fourth-order valence-corrected chi connectivity index (χ4v) is 2.04. The average Bonchev–Trinajstić information content (AvgIpc) is 2.94. The van der Waals surface area contributed by atoms with Gasteiger partial charge in [0.25, 0.3) is 0 Å². The van der Waals surface area contributed by atoms with Gasteiger partial charge in [-0.3, -0.25) is 9.69 Å². The van der Waals surface area contributed by atoms with E-state index in [1.165, 1.54) is 0 Å². The monoisotopic (exact) mass is 287 g/mol. The molecule has 0 aliphatic carbocycles. The summed E-state index contributed by atoms with van der Waals surface area (Å²) in [6.07, 6.45) is 2.07. The number of nitrogens with one attached hydrogen (secondary N) is 1. The molecule has 5 nitrogen and oxygen atoms in total. The predicted molar refractivity (Wildman–Crippen MR) is 83.9 cm³/mol. The Bertz CT molecular complexity index is 594. The van der Waals surface area contributed by atoms with Crippen LogP contribution in [0.4, 0.5) is 11.4 Å². The van der Waals surface area contributed by atoms with Crippen LogP contribution in [0, 0.1) is 6.92 Å². The second-order valence-corrected chi connectivity index (χ2v) is 5.14. The molecule has 0 bridgehead atoms. The fourth-order valence-electron chi connectivity index (χ4n) is 2.04. The molecule has 1 aromatic heterocycles. The van der Waals surface area contributed by atoms with Crippen LogP contribution in [0.25, 0.3) is 0 Å². The van der Waals surface area contributed by atoms with Gasteiger partial charge in [0.2, 0.25) is 5.91 Å². The molecule has 5 heteroatoms. The van der Waals surface area contributed by atoms with E-state index in [0.717, 1.165) is 17.0 Å². The number of benzene rings is 1. The van der Waals surface area contributed by atoms with E-state index in [1.54, 1.807) is 6.26 Å². The highest BCUT2D eigenvalue weighted by Crippen LogP contribution is 2.20. The molecule has 21 heavy (non-hydrogen) atoms.